The molecule has 2 rings (SSSR count). The predicted molar refractivity (Wildman–Crippen MR) is 68.5 cm³/mol. The SMILES string of the molecule is CC1CC(N)CN(Cc2ccccc2Cl)C1. The van der Waals surface area contributed by atoms with Gasteiger partial charge in [0, 0.05) is 30.7 Å². The highest BCUT2D eigenvalue weighted by Gasteiger charge is 2.22. The molecule has 2 atom stereocenters. The molecule has 2 N–H and O–H groups in total. The minimum atomic E-state index is 0.311. The predicted octanol–water partition coefficient (Wildman–Crippen LogP) is 2.51. The van der Waals surface area contributed by atoms with E-state index in [1.165, 1.54) is 5.56 Å². The molecule has 2 nitrogen and oxygen atoms in total. The van der Waals surface area contributed by atoms with Crippen LogP contribution in [0.4, 0.5) is 0 Å². The van der Waals surface area contributed by atoms with E-state index in [4.69, 9.17) is 17.3 Å². The first-order valence-corrected chi connectivity index (χ1v) is 6.24. The Balaban J connectivity index is 2.02. The number of hydrogen-bond donors (Lipinski definition) is 1. The van der Waals surface area contributed by atoms with E-state index in [0.717, 1.165) is 31.1 Å². The van der Waals surface area contributed by atoms with Crippen LogP contribution in [0.25, 0.3) is 0 Å². The molecule has 0 saturated carbocycles. The minimum Gasteiger partial charge on any atom is -0.327 e. The van der Waals surface area contributed by atoms with Crippen molar-refractivity contribution in [3.63, 3.8) is 0 Å². The van der Waals surface area contributed by atoms with Gasteiger partial charge >= 0.3 is 0 Å². The van der Waals surface area contributed by atoms with Gasteiger partial charge in [0.25, 0.3) is 0 Å². The summed E-state index contributed by atoms with van der Waals surface area (Å²) in [7, 11) is 0. The van der Waals surface area contributed by atoms with Crippen LogP contribution in [0.1, 0.15) is 18.9 Å². The molecule has 0 spiro atoms. The molecule has 0 bridgehead atoms. The van der Waals surface area contributed by atoms with Gasteiger partial charge in [0.1, 0.15) is 0 Å². The fourth-order valence-corrected chi connectivity index (χ4v) is 2.70. The summed E-state index contributed by atoms with van der Waals surface area (Å²) in [5, 5.41) is 0.856. The van der Waals surface area contributed by atoms with Crippen LogP contribution in [0.3, 0.4) is 0 Å². The van der Waals surface area contributed by atoms with Crippen LogP contribution >= 0.6 is 11.6 Å². The lowest BCUT2D eigenvalue weighted by Gasteiger charge is -2.34. The zero-order chi connectivity index (χ0) is 11.5. The Kier molecular flexibility index (Phi) is 3.85. The molecule has 1 fully saturated rings. The summed E-state index contributed by atoms with van der Waals surface area (Å²) in [5.74, 6) is 0.686. The van der Waals surface area contributed by atoms with Crippen molar-refractivity contribution in [1.82, 2.24) is 4.90 Å². The van der Waals surface area contributed by atoms with Gasteiger partial charge in [-0.3, -0.25) is 4.90 Å². The number of nitrogens with two attached hydrogens (primary N) is 1. The molecule has 0 amide bonds. The molecule has 1 aliphatic rings. The summed E-state index contributed by atoms with van der Waals surface area (Å²) < 4.78 is 0. The zero-order valence-corrected chi connectivity index (χ0v) is 10.5. The molecule has 1 aromatic carbocycles. The number of hydrogen-bond acceptors (Lipinski definition) is 2. The first-order chi connectivity index (χ1) is 7.65. The largest absolute Gasteiger partial charge is 0.327 e. The van der Waals surface area contributed by atoms with Crippen LogP contribution < -0.4 is 5.73 Å². The lowest BCUT2D eigenvalue weighted by Crippen LogP contribution is -2.45. The lowest BCUT2D eigenvalue weighted by molar-refractivity contribution is 0.158. The molecular formula is C13H19ClN2. The molecule has 2 unspecified atom stereocenters. The van der Waals surface area contributed by atoms with Gasteiger partial charge in [-0.25, -0.2) is 0 Å². The van der Waals surface area contributed by atoms with Gasteiger partial charge in [0.05, 0.1) is 0 Å². The summed E-state index contributed by atoms with van der Waals surface area (Å²) >= 11 is 6.16. The Labute approximate surface area is 102 Å². The minimum absolute atomic E-state index is 0.311. The maximum atomic E-state index is 6.16. The van der Waals surface area contributed by atoms with E-state index in [-0.39, 0.29) is 0 Å². The third-order valence-corrected chi connectivity index (χ3v) is 3.49. The second kappa shape index (κ2) is 5.17. The highest BCUT2D eigenvalue weighted by atomic mass is 35.5. The quantitative estimate of drug-likeness (QED) is 0.858. The number of likely N-dealkylation sites (tertiary alicyclic amines) is 1. The standard InChI is InChI=1S/C13H19ClN2/c1-10-6-12(15)9-16(7-10)8-11-4-2-3-5-13(11)14/h2-5,10,12H,6-9,15H2,1H3. The van der Waals surface area contributed by atoms with E-state index in [2.05, 4.69) is 17.9 Å². The van der Waals surface area contributed by atoms with Crippen LogP contribution in [0.15, 0.2) is 24.3 Å². The Hall–Kier alpha value is -0.570. The average Bonchev–Trinajstić information content (AvgIpc) is 2.20. The van der Waals surface area contributed by atoms with E-state index in [9.17, 15) is 0 Å². The summed E-state index contributed by atoms with van der Waals surface area (Å²) in [6.07, 6.45) is 1.14. The van der Waals surface area contributed by atoms with Crippen molar-refractivity contribution in [3.8, 4) is 0 Å². The smallest absolute Gasteiger partial charge is 0.0451 e. The summed E-state index contributed by atoms with van der Waals surface area (Å²) in [6.45, 7) is 5.28. The van der Waals surface area contributed by atoms with Gasteiger partial charge in [0.15, 0.2) is 0 Å². The molecular weight excluding hydrogens is 220 g/mol. The molecule has 1 heterocycles. The highest BCUT2D eigenvalue weighted by molar-refractivity contribution is 6.31. The fourth-order valence-electron chi connectivity index (χ4n) is 2.51. The first-order valence-electron chi connectivity index (χ1n) is 5.86. The van der Waals surface area contributed by atoms with Gasteiger partial charge in [0.2, 0.25) is 0 Å². The monoisotopic (exact) mass is 238 g/mol. The average molecular weight is 239 g/mol. The second-order valence-electron chi connectivity index (χ2n) is 4.89. The lowest BCUT2D eigenvalue weighted by atomic mass is 9.96. The van der Waals surface area contributed by atoms with Gasteiger partial charge in [-0.1, -0.05) is 36.7 Å². The van der Waals surface area contributed by atoms with Crippen molar-refractivity contribution in [2.75, 3.05) is 13.1 Å². The maximum Gasteiger partial charge on any atom is 0.0451 e. The second-order valence-corrected chi connectivity index (χ2v) is 5.29. The van der Waals surface area contributed by atoms with Crippen molar-refractivity contribution in [3.05, 3.63) is 34.9 Å². The molecule has 88 valence electrons. The van der Waals surface area contributed by atoms with Crippen molar-refractivity contribution in [2.45, 2.75) is 25.9 Å². The van der Waals surface area contributed by atoms with Crippen molar-refractivity contribution in [2.24, 2.45) is 11.7 Å². The van der Waals surface area contributed by atoms with Crippen LogP contribution in [-0.4, -0.2) is 24.0 Å². The van der Waals surface area contributed by atoms with Gasteiger partial charge in [-0.05, 0) is 24.0 Å². The molecule has 3 heteroatoms. The Morgan fingerprint density at radius 1 is 1.38 bits per heavy atom. The highest BCUT2D eigenvalue weighted by Crippen LogP contribution is 2.21. The van der Waals surface area contributed by atoms with Crippen molar-refractivity contribution < 1.29 is 0 Å². The number of nitrogens with zero attached hydrogens (tertiary/aromatic N) is 1. The van der Waals surface area contributed by atoms with E-state index in [1.54, 1.807) is 0 Å². The van der Waals surface area contributed by atoms with Crippen molar-refractivity contribution in [1.29, 1.82) is 0 Å². The number of benzene rings is 1. The van der Waals surface area contributed by atoms with Gasteiger partial charge in [-0.15, -0.1) is 0 Å². The van der Waals surface area contributed by atoms with E-state index in [0.29, 0.717) is 12.0 Å². The Bertz CT molecular complexity index is 344. The van der Waals surface area contributed by atoms with E-state index < -0.39 is 0 Å². The Morgan fingerprint density at radius 2 is 2.12 bits per heavy atom. The summed E-state index contributed by atoms with van der Waals surface area (Å²) in [6, 6.07) is 8.36. The van der Waals surface area contributed by atoms with E-state index in [1.807, 2.05) is 18.2 Å². The molecule has 1 aromatic rings. The third-order valence-electron chi connectivity index (χ3n) is 3.12. The fraction of sp³-hybridized carbons (Fsp3) is 0.538. The third kappa shape index (κ3) is 2.97. The van der Waals surface area contributed by atoms with Crippen molar-refractivity contribution >= 4 is 11.6 Å². The maximum absolute atomic E-state index is 6.16. The van der Waals surface area contributed by atoms with Crippen LogP contribution in [0, 0.1) is 5.92 Å². The van der Waals surface area contributed by atoms with E-state index >= 15 is 0 Å². The Morgan fingerprint density at radius 3 is 2.81 bits per heavy atom. The first kappa shape index (κ1) is 11.9. The molecule has 0 aromatic heterocycles. The van der Waals surface area contributed by atoms with Gasteiger partial charge < -0.3 is 5.73 Å². The summed E-state index contributed by atoms with van der Waals surface area (Å²) in [5.41, 5.74) is 7.23. The molecule has 0 aliphatic carbocycles. The van der Waals surface area contributed by atoms with Crippen LogP contribution in [0.5, 0.6) is 0 Å². The number of rotatable bonds is 2. The van der Waals surface area contributed by atoms with Crippen LogP contribution in [-0.2, 0) is 6.54 Å². The molecule has 0 radical (unpaired) electrons. The normalized spacial score (nSPS) is 26.9. The molecule has 1 saturated heterocycles. The molecule has 1 aliphatic heterocycles. The van der Waals surface area contributed by atoms with Gasteiger partial charge in [-0.2, -0.15) is 0 Å². The number of halogens is 1. The number of piperidine rings is 1. The van der Waals surface area contributed by atoms with Crippen LogP contribution in [0.2, 0.25) is 5.02 Å². The topological polar surface area (TPSA) is 29.3 Å². The molecule has 16 heavy (non-hydrogen) atoms. The summed E-state index contributed by atoms with van der Waals surface area (Å²) in [4.78, 5) is 2.40. The zero-order valence-electron chi connectivity index (χ0n) is 9.70.